The van der Waals surface area contributed by atoms with Crippen LogP contribution in [0.1, 0.15) is 39.5 Å². The van der Waals surface area contributed by atoms with Crippen LogP contribution < -0.4 is 51.4 Å². The number of rotatable bonds is 1. The number of allylic oxidation sites excluding steroid dienone is 1. The molecular formula is C9H15BF3K. The summed E-state index contributed by atoms with van der Waals surface area (Å²) in [6, 6.07) is 0. The minimum atomic E-state index is -4.72. The van der Waals surface area contributed by atoms with Crippen molar-refractivity contribution in [1.82, 2.24) is 0 Å². The zero-order valence-electron chi connectivity index (χ0n) is 9.12. The van der Waals surface area contributed by atoms with E-state index in [0.29, 0.717) is 24.4 Å². The van der Waals surface area contributed by atoms with Crippen molar-refractivity contribution in [3.63, 3.8) is 0 Å². The fraction of sp³-hybridized carbons (Fsp3) is 0.778. The summed E-state index contributed by atoms with van der Waals surface area (Å²) in [6.45, 7) is -0.497. The number of hydrogen-bond donors (Lipinski definition) is 0. The van der Waals surface area contributed by atoms with Gasteiger partial charge in [0.15, 0.2) is 0 Å². The quantitative estimate of drug-likeness (QED) is 0.587. The second kappa shape index (κ2) is 5.53. The summed E-state index contributed by atoms with van der Waals surface area (Å²) in [4.78, 5) is 0. The van der Waals surface area contributed by atoms with E-state index in [4.69, 9.17) is 0 Å². The molecule has 0 aliphatic heterocycles. The molecule has 5 heteroatoms. The van der Waals surface area contributed by atoms with Crippen molar-refractivity contribution in [2.45, 2.75) is 39.5 Å². The third-order valence-electron chi connectivity index (χ3n) is 2.67. The standard InChI is InChI=1S/C9H15BF3.K/c1-9(2)5-3-8(4-6-9)7-10(11,12)13;/h7H,3-6H2,1-2H3;/q-1;+1. The summed E-state index contributed by atoms with van der Waals surface area (Å²) in [6.07, 6.45) is 3.00. The topological polar surface area (TPSA) is 0 Å². The fourth-order valence-corrected chi connectivity index (χ4v) is 1.68. The van der Waals surface area contributed by atoms with Gasteiger partial charge in [-0.15, -0.1) is 11.5 Å². The second-order valence-electron chi connectivity index (χ2n) is 4.61. The Balaban J connectivity index is 0.00000169. The molecule has 0 nitrogen and oxygen atoms in total. The van der Waals surface area contributed by atoms with Crippen molar-refractivity contribution in [1.29, 1.82) is 0 Å². The average molecular weight is 230 g/mol. The van der Waals surface area contributed by atoms with Gasteiger partial charge in [0.2, 0.25) is 0 Å². The maximum Gasteiger partial charge on any atom is 1.00 e. The molecule has 1 rings (SSSR count). The summed E-state index contributed by atoms with van der Waals surface area (Å²) in [5, 5.41) is 0. The second-order valence-corrected chi connectivity index (χ2v) is 4.61. The van der Waals surface area contributed by atoms with Crippen LogP contribution in [0.4, 0.5) is 12.9 Å². The zero-order valence-corrected chi connectivity index (χ0v) is 12.2. The Morgan fingerprint density at radius 1 is 1.14 bits per heavy atom. The van der Waals surface area contributed by atoms with Crippen LogP contribution in [0.25, 0.3) is 0 Å². The molecule has 1 aliphatic rings. The summed E-state index contributed by atoms with van der Waals surface area (Å²) < 4.78 is 36.1. The molecule has 1 aliphatic carbocycles. The predicted octanol–water partition coefficient (Wildman–Crippen LogP) is 0.904. The van der Waals surface area contributed by atoms with Crippen LogP contribution in [-0.4, -0.2) is 6.98 Å². The van der Waals surface area contributed by atoms with Crippen molar-refractivity contribution < 1.29 is 64.3 Å². The maximum absolute atomic E-state index is 12.0. The van der Waals surface area contributed by atoms with Crippen LogP contribution in [0.2, 0.25) is 0 Å². The van der Waals surface area contributed by atoms with Gasteiger partial charge in [-0.25, -0.2) is 0 Å². The maximum atomic E-state index is 12.0. The van der Waals surface area contributed by atoms with Gasteiger partial charge in [0, 0.05) is 0 Å². The van der Waals surface area contributed by atoms with Crippen LogP contribution in [0.15, 0.2) is 11.5 Å². The first kappa shape index (κ1) is 15.2. The van der Waals surface area contributed by atoms with E-state index in [0.717, 1.165) is 12.8 Å². The van der Waals surface area contributed by atoms with E-state index in [1.54, 1.807) is 0 Å². The van der Waals surface area contributed by atoms with Crippen molar-refractivity contribution in [2.75, 3.05) is 0 Å². The van der Waals surface area contributed by atoms with Gasteiger partial charge >= 0.3 is 58.4 Å². The molecule has 0 bridgehead atoms. The molecular weight excluding hydrogens is 215 g/mol. The third kappa shape index (κ3) is 5.96. The molecule has 0 atom stereocenters. The molecule has 0 radical (unpaired) electrons. The number of halogens is 3. The summed E-state index contributed by atoms with van der Waals surface area (Å²) in [5.41, 5.74) is 0.822. The van der Waals surface area contributed by atoms with Gasteiger partial charge in [0.25, 0.3) is 0 Å². The molecule has 0 aromatic rings. The minimum Gasteiger partial charge on any atom is -0.445 e. The summed E-state index contributed by atoms with van der Waals surface area (Å²) in [5.74, 6) is 0.537. The van der Waals surface area contributed by atoms with Gasteiger partial charge < -0.3 is 12.9 Å². The molecule has 0 N–H and O–H groups in total. The van der Waals surface area contributed by atoms with Gasteiger partial charge in [-0.1, -0.05) is 13.8 Å². The molecule has 1 saturated carbocycles. The van der Waals surface area contributed by atoms with Gasteiger partial charge in [-0.3, -0.25) is 0 Å². The molecule has 0 amide bonds. The first-order valence-electron chi connectivity index (χ1n) is 4.69. The van der Waals surface area contributed by atoms with Gasteiger partial charge in [0.05, 0.1) is 0 Å². The van der Waals surface area contributed by atoms with Gasteiger partial charge in [-0.2, -0.15) is 0 Å². The molecule has 0 aromatic carbocycles. The molecule has 0 saturated heterocycles. The van der Waals surface area contributed by atoms with E-state index in [1.165, 1.54) is 0 Å². The van der Waals surface area contributed by atoms with Gasteiger partial charge in [0.1, 0.15) is 0 Å². The van der Waals surface area contributed by atoms with E-state index in [2.05, 4.69) is 13.8 Å². The Bertz CT molecular complexity index is 209. The van der Waals surface area contributed by atoms with E-state index >= 15 is 0 Å². The normalized spacial score (nSPS) is 21.4. The Hall–Kier alpha value is 1.23. The molecule has 1 fully saturated rings. The predicted molar refractivity (Wildman–Crippen MR) is 49.4 cm³/mol. The Labute approximate surface area is 126 Å². The Morgan fingerprint density at radius 3 is 1.93 bits per heavy atom. The van der Waals surface area contributed by atoms with Crippen LogP contribution in [0.3, 0.4) is 0 Å². The van der Waals surface area contributed by atoms with Crippen LogP contribution in [0.5, 0.6) is 0 Å². The first-order chi connectivity index (χ1) is 5.79. The van der Waals surface area contributed by atoms with Crippen molar-refractivity contribution in [3.8, 4) is 0 Å². The average Bonchev–Trinajstić information content (AvgIpc) is 1.91. The van der Waals surface area contributed by atoms with Crippen LogP contribution >= 0.6 is 0 Å². The zero-order chi connectivity index (χ0) is 10.1. The van der Waals surface area contributed by atoms with E-state index < -0.39 is 6.98 Å². The van der Waals surface area contributed by atoms with Crippen LogP contribution in [0, 0.1) is 5.41 Å². The van der Waals surface area contributed by atoms with Crippen molar-refractivity contribution in [2.24, 2.45) is 5.41 Å². The van der Waals surface area contributed by atoms with Crippen molar-refractivity contribution in [3.05, 3.63) is 11.5 Å². The van der Waals surface area contributed by atoms with Crippen molar-refractivity contribution >= 4 is 6.98 Å². The SMILES string of the molecule is CC1(C)CCC(=C[B-](F)(F)F)CC1.[K+]. The largest absolute Gasteiger partial charge is 1.00 e. The Morgan fingerprint density at radius 2 is 1.57 bits per heavy atom. The molecule has 0 aromatic heterocycles. The third-order valence-corrected chi connectivity index (χ3v) is 2.67. The van der Waals surface area contributed by atoms with E-state index in [9.17, 15) is 12.9 Å². The summed E-state index contributed by atoms with van der Waals surface area (Å²) in [7, 11) is 0. The smallest absolute Gasteiger partial charge is 0.445 e. The van der Waals surface area contributed by atoms with E-state index in [1.807, 2.05) is 0 Å². The molecule has 0 heterocycles. The monoisotopic (exact) mass is 230 g/mol. The molecule has 14 heavy (non-hydrogen) atoms. The fourth-order valence-electron chi connectivity index (χ4n) is 1.68. The first-order valence-corrected chi connectivity index (χ1v) is 4.69. The molecule has 0 unspecified atom stereocenters. The van der Waals surface area contributed by atoms with Crippen LogP contribution in [-0.2, 0) is 0 Å². The van der Waals surface area contributed by atoms with E-state index in [-0.39, 0.29) is 56.8 Å². The minimum absolute atomic E-state index is 0. The number of hydrogen-bond acceptors (Lipinski definition) is 0. The molecule has 76 valence electrons. The summed E-state index contributed by atoms with van der Waals surface area (Å²) >= 11 is 0. The Kier molecular flexibility index (Phi) is 6.01. The van der Waals surface area contributed by atoms with Gasteiger partial charge in [-0.05, 0) is 31.1 Å². The molecule has 0 spiro atoms.